The Morgan fingerprint density at radius 1 is 1.06 bits per heavy atom. The zero-order chi connectivity index (χ0) is 12.4. The van der Waals surface area contributed by atoms with Gasteiger partial charge in [-0.05, 0) is 31.8 Å². The number of rotatable bonds is 10. The molecule has 0 aromatic carbocycles. The summed E-state index contributed by atoms with van der Waals surface area (Å²) in [5, 5.41) is 0. The number of hydrogen-bond acceptors (Lipinski definition) is 1. The first-order valence-corrected chi connectivity index (χ1v) is 6.38. The Hall–Kier alpha value is -0.980. The number of hydrogen-bond donors (Lipinski definition) is 0. The standard InChI is InChI=1S/C15H27N/c1-6-10-14(4)11-9-13-16(12-7-2)15(5)8-3/h8H,3-7,9-13H2,1-2H3. The van der Waals surface area contributed by atoms with Crippen LogP contribution in [0.15, 0.2) is 37.1 Å². The molecule has 0 spiro atoms. The van der Waals surface area contributed by atoms with Gasteiger partial charge in [0, 0.05) is 18.8 Å². The van der Waals surface area contributed by atoms with Crippen LogP contribution < -0.4 is 0 Å². The summed E-state index contributed by atoms with van der Waals surface area (Å²) in [5.41, 5.74) is 2.42. The zero-order valence-electron chi connectivity index (χ0n) is 11.1. The molecule has 0 rings (SSSR count). The first kappa shape index (κ1) is 15.0. The van der Waals surface area contributed by atoms with Crippen molar-refractivity contribution in [3.05, 3.63) is 37.1 Å². The van der Waals surface area contributed by atoms with Gasteiger partial charge in [-0.2, -0.15) is 0 Å². The molecule has 1 heteroatoms. The first-order valence-electron chi connectivity index (χ1n) is 6.38. The van der Waals surface area contributed by atoms with E-state index in [0.29, 0.717) is 0 Å². The second-order valence-corrected chi connectivity index (χ2v) is 4.29. The van der Waals surface area contributed by atoms with E-state index in [1.54, 1.807) is 0 Å². The molecule has 1 nitrogen and oxygen atoms in total. The van der Waals surface area contributed by atoms with Crippen LogP contribution in [0.4, 0.5) is 0 Å². The monoisotopic (exact) mass is 221 g/mol. The minimum absolute atomic E-state index is 1.04. The molecule has 0 fully saturated rings. The molecule has 0 atom stereocenters. The third-order valence-electron chi connectivity index (χ3n) is 2.70. The molecule has 0 aromatic heterocycles. The highest BCUT2D eigenvalue weighted by Gasteiger charge is 2.03. The van der Waals surface area contributed by atoms with Crippen LogP contribution in [0.2, 0.25) is 0 Å². The van der Waals surface area contributed by atoms with E-state index in [4.69, 9.17) is 0 Å². The van der Waals surface area contributed by atoms with Crippen molar-refractivity contribution in [2.45, 2.75) is 46.0 Å². The lowest BCUT2D eigenvalue weighted by Crippen LogP contribution is -2.23. The Labute approximate surface area is 102 Å². The molecule has 0 aliphatic rings. The quantitative estimate of drug-likeness (QED) is 0.387. The summed E-state index contributed by atoms with van der Waals surface area (Å²) in [7, 11) is 0. The van der Waals surface area contributed by atoms with Gasteiger partial charge in [0.2, 0.25) is 0 Å². The molecule has 0 N–H and O–H groups in total. The molecule has 92 valence electrons. The Morgan fingerprint density at radius 2 is 1.75 bits per heavy atom. The summed E-state index contributed by atoms with van der Waals surface area (Å²) in [6.07, 6.45) is 7.68. The van der Waals surface area contributed by atoms with Crippen molar-refractivity contribution < 1.29 is 0 Å². The van der Waals surface area contributed by atoms with Gasteiger partial charge in [-0.1, -0.05) is 45.6 Å². The Morgan fingerprint density at radius 3 is 2.25 bits per heavy atom. The molecule has 16 heavy (non-hydrogen) atoms. The van der Waals surface area contributed by atoms with Gasteiger partial charge in [-0.15, -0.1) is 0 Å². The molecular weight excluding hydrogens is 194 g/mol. The molecule has 0 amide bonds. The Balaban J connectivity index is 3.88. The molecule has 0 unspecified atom stereocenters. The molecule has 0 bridgehead atoms. The summed E-state index contributed by atoms with van der Waals surface area (Å²) in [5.74, 6) is 0. The topological polar surface area (TPSA) is 3.24 Å². The molecule has 0 saturated heterocycles. The molecule has 0 heterocycles. The van der Waals surface area contributed by atoms with E-state index in [0.717, 1.165) is 38.0 Å². The summed E-state index contributed by atoms with van der Waals surface area (Å²) in [4.78, 5) is 2.31. The maximum atomic E-state index is 4.09. The van der Waals surface area contributed by atoms with Crippen molar-refractivity contribution in [2.24, 2.45) is 0 Å². The molecule has 0 aliphatic carbocycles. The SMILES string of the molecule is C=CC(=C)N(CCC)CCCC(=C)CCC. The third kappa shape index (κ3) is 6.49. The van der Waals surface area contributed by atoms with E-state index in [2.05, 4.69) is 38.5 Å². The fraction of sp³-hybridized carbons (Fsp3) is 0.600. The molecule has 0 aliphatic heterocycles. The van der Waals surface area contributed by atoms with Crippen LogP contribution in [0.1, 0.15) is 46.0 Å². The van der Waals surface area contributed by atoms with E-state index >= 15 is 0 Å². The van der Waals surface area contributed by atoms with Crippen LogP contribution in [0.3, 0.4) is 0 Å². The second-order valence-electron chi connectivity index (χ2n) is 4.29. The van der Waals surface area contributed by atoms with Crippen LogP contribution >= 0.6 is 0 Å². The van der Waals surface area contributed by atoms with Crippen molar-refractivity contribution in [1.82, 2.24) is 4.90 Å². The summed E-state index contributed by atoms with van der Waals surface area (Å²) in [6, 6.07) is 0. The van der Waals surface area contributed by atoms with Gasteiger partial charge in [0.1, 0.15) is 0 Å². The smallest absolute Gasteiger partial charge is 0.0287 e. The van der Waals surface area contributed by atoms with E-state index in [1.807, 2.05) is 6.08 Å². The fourth-order valence-electron chi connectivity index (χ4n) is 1.80. The predicted molar refractivity (Wildman–Crippen MR) is 74.5 cm³/mol. The Kier molecular flexibility index (Phi) is 8.69. The van der Waals surface area contributed by atoms with Gasteiger partial charge < -0.3 is 4.90 Å². The Bertz CT molecular complexity index is 228. The molecule has 0 saturated carbocycles. The highest BCUT2D eigenvalue weighted by Crippen LogP contribution is 2.12. The van der Waals surface area contributed by atoms with E-state index in [1.165, 1.54) is 18.4 Å². The number of nitrogens with zero attached hydrogens (tertiary/aromatic N) is 1. The third-order valence-corrected chi connectivity index (χ3v) is 2.70. The van der Waals surface area contributed by atoms with Crippen LogP contribution in [0.5, 0.6) is 0 Å². The van der Waals surface area contributed by atoms with Gasteiger partial charge in [0.25, 0.3) is 0 Å². The van der Waals surface area contributed by atoms with Gasteiger partial charge >= 0.3 is 0 Å². The van der Waals surface area contributed by atoms with Crippen LogP contribution in [-0.4, -0.2) is 18.0 Å². The van der Waals surface area contributed by atoms with Crippen LogP contribution in [0.25, 0.3) is 0 Å². The summed E-state index contributed by atoms with van der Waals surface area (Å²) in [6.45, 7) is 18.4. The van der Waals surface area contributed by atoms with Crippen LogP contribution in [0, 0.1) is 0 Å². The maximum Gasteiger partial charge on any atom is 0.0287 e. The van der Waals surface area contributed by atoms with E-state index in [-0.39, 0.29) is 0 Å². The predicted octanol–water partition coefficient (Wildman–Crippen LogP) is 4.53. The molecule has 0 aromatic rings. The average molecular weight is 221 g/mol. The lowest BCUT2D eigenvalue weighted by Gasteiger charge is -2.24. The van der Waals surface area contributed by atoms with Crippen molar-refractivity contribution in [1.29, 1.82) is 0 Å². The van der Waals surface area contributed by atoms with Crippen molar-refractivity contribution >= 4 is 0 Å². The molecular formula is C15H27N. The summed E-state index contributed by atoms with van der Waals surface area (Å²) >= 11 is 0. The fourth-order valence-corrected chi connectivity index (χ4v) is 1.80. The first-order chi connectivity index (χ1) is 7.65. The van der Waals surface area contributed by atoms with E-state index < -0.39 is 0 Å². The van der Waals surface area contributed by atoms with Gasteiger partial charge in [0.05, 0.1) is 0 Å². The lowest BCUT2D eigenvalue weighted by molar-refractivity contribution is 0.350. The van der Waals surface area contributed by atoms with Gasteiger partial charge in [0.15, 0.2) is 0 Å². The average Bonchev–Trinajstić information content (AvgIpc) is 2.27. The zero-order valence-corrected chi connectivity index (χ0v) is 11.1. The van der Waals surface area contributed by atoms with Gasteiger partial charge in [-0.25, -0.2) is 0 Å². The van der Waals surface area contributed by atoms with Crippen molar-refractivity contribution in [3.8, 4) is 0 Å². The maximum absolute atomic E-state index is 4.09. The highest BCUT2D eigenvalue weighted by atomic mass is 15.1. The minimum Gasteiger partial charge on any atom is -0.372 e. The van der Waals surface area contributed by atoms with Crippen molar-refractivity contribution in [3.63, 3.8) is 0 Å². The van der Waals surface area contributed by atoms with Crippen molar-refractivity contribution in [2.75, 3.05) is 13.1 Å². The largest absolute Gasteiger partial charge is 0.372 e. The molecule has 0 radical (unpaired) electrons. The minimum atomic E-state index is 1.04. The number of allylic oxidation sites excluding steroid dienone is 2. The normalized spacial score (nSPS) is 9.88. The lowest BCUT2D eigenvalue weighted by atomic mass is 10.1. The second kappa shape index (κ2) is 9.26. The summed E-state index contributed by atoms with van der Waals surface area (Å²) < 4.78 is 0. The highest BCUT2D eigenvalue weighted by molar-refractivity contribution is 5.09. The van der Waals surface area contributed by atoms with E-state index in [9.17, 15) is 0 Å². The van der Waals surface area contributed by atoms with Gasteiger partial charge in [-0.3, -0.25) is 0 Å². The van der Waals surface area contributed by atoms with Crippen LogP contribution in [-0.2, 0) is 0 Å².